The van der Waals surface area contributed by atoms with Crippen LogP contribution in [0.3, 0.4) is 0 Å². The summed E-state index contributed by atoms with van der Waals surface area (Å²) in [4.78, 5) is 24.9. The number of aromatic nitrogens is 2. The molecule has 0 amide bonds. The molecule has 1 aromatic carbocycles. The zero-order valence-corrected chi connectivity index (χ0v) is 16.1. The summed E-state index contributed by atoms with van der Waals surface area (Å²) < 4.78 is 5.42. The van der Waals surface area contributed by atoms with E-state index in [9.17, 15) is 9.90 Å². The highest BCUT2D eigenvalue weighted by Gasteiger charge is 2.30. The van der Waals surface area contributed by atoms with Crippen LogP contribution in [0.2, 0.25) is 0 Å². The van der Waals surface area contributed by atoms with E-state index in [0.29, 0.717) is 25.6 Å². The summed E-state index contributed by atoms with van der Waals surface area (Å²) in [5, 5.41) is 9.95. The van der Waals surface area contributed by atoms with Crippen LogP contribution in [0.5, 0.6) is 5.75 Å². The van der Waals surface area contributed by atoms with Gasteiger partial charge in [-0.05, 0) is 43.0 Å². The highest BCUT2D eigenvalue weighted by molar-refractivity contribution is 5.76. The maximum absolute atomic E-state index is 12.1. The average molecular weight is 370 g/mol. The highest BCUT2D eigenvalue weighted by Crippen LogP contribution is 2.30. The normalized spacial score (nSPS) is 16.6. The molecule has 1 fully saturated rings. The molecule has 0 spiro atoms. The molecule has 2 aromatic rings. The fourth-order valence-corrected chi connectivity index (χ4v) is 3.82. The molecule has 0 radical (unpaired) electrons. The minimum Gasteiger partial charge on any atom is -0.496 e. The number of benzene rings is 1. The van der Waals surface area contributed by atoms with Gasteiger partial charge in [0.05, 0.1) is 7.11 Å². The van der Waals surface area contributed by atoms with Crippen molar-refractivity contribution in [2.45, 2.75) is 26.3 Å². The van der Waals surface area contributed by atoms with Crippen molar-refractivity contribution in [1.29, 1.82) is 0 Å². The second-order valence-corrected chi connectivity index (χ2v) is 6.85. The van der Waals surface area contributed by atoms with Crippen LogP contribution in [0.15, 0.2) is 30.6 Å². The number of carboxylic acid groups (broad SMARTS) is 1. The summed E-state index contributed by atoms with van der Waals surface area (Å²) in [7, 11) is 1.64. The van der Waals surface area contributed by atoms with Crippen molar-refractivity contribution in [2.24, 2.45) is 0 Å². The first-order chi connectivity index (χ1) is 13.0. The molecule has 7 heteroatoms. The lowest BCUT2D eigenvalue weighted by Crippen LogP contribution is -2.37. The lowest BCUT2D eigenvalue weighted by Gasteiger charge is -2.28. The predicted octanol–water partition coefficient (Wildman–Crippen LogP) is 2.44. The van der Waals surface area contributed by atoms with Crippen LogP contribution >= 0.6 is 0 Å². The molecule has 2 heterocycles. The number of carboxylic acids is 1. The second kappa shape index (κ2) is 8.35. The Kier molecular flexibility index (Phi) is 5.91. The fraction of sp³-hybridized carbons (Fsp3) is 0.450. The summed E-state index contributed by atoms with van der Waals surface area (Å²) in [6.07, 6.45) is 4.32. The molecular formula is C20H26N4O3. The number of hydrogen-bond acceptors (Lipinski definition) is 6. The fourth-order valence-electron chi connectivity index (χ4n) is 3.82. The predicted molar refractivity (Wildman–Crippen MR) is 103 cm³/mol. The zero-order valence-electron chi connectivity index (χ0n) is 16.1. The van der Waals surface area contributed by atoms with Crippen LogP contribution in [0, 0.1) is 13.8 Å². The minimum atomic E-state index is -0.830. The molecule has 1 aliphatic heterocycles. The van der Waals surface area contributed by atoms with Gasteiger partial charge < -0.3 is 14.7 Å². The molecular weight excluding hydrogens is 344 g/mol. The molecule has 0 saturated carbocycles. The molecule has 0 bridgehead atoms. The van der Waals surface area contributed by atoms with E-state index in [2.05, 4.69) is 14.9 Å². The topological polar surface area (TPSA) is 78.8 Å². The third-order valence-corrected chi connectivity index (χ3v) is 4.97. The molecule has 0 aliphatic carbocycles. The third-order valence-electron chi connectivity index (χ3n) is 4.97. The lowest BCUT2D eigenvalue weighted by atomic mass is 9.99. The molecule has 0 unspecified atom stereocenters. The molecule has 3 rings (SSSR count). The van der Waals surface area contributed by atoms with Crippen molar-refractivity contribution in [3.8, 4) is 5.75 Å². The van der Waals surface area contributed by atoms with E-state index in [-0.39, 0.29) is 0 Å². The van der Waals surface area contributed by atoms with Gasteiger partial charge in [0, 0.05) is 38.6 Å². The van der Waals surface area contributed by atoms with Crippen molar-refractivity contribution in [2.75, 3.05) is 38.2 Å². The van der Waals surface area contributed by atoms with Crippen molar-refractivity contribution in [1.82, 2.24) is 14.9 Å². The largest absolute Gasteiger partial charge is 0.496 e. The van der Waals surface area contributed by atoms with Crippen LogP contribution in [-0.2, 0) is 4.79 Å². The Hall–Kier alpha value is -2.67. The van der Waals surface area contributed by atoms with Gasteiger partial charge in [0.2, 0.25) is 5.95 Å². The quantitative estimate of drug-likeness (QED) is 0.866. The molecule has 1 aromatic heterocycles. The van der Waals surface area contributed by atoms with Gasteiger partial charge >= 0.3 is 5.97 Å². The van der Waals surface area contributed by atoms with Gasteiger partial charge in [-0.2, -0.15) is 0 Å². The van der Waals surface area contributed by atoms with Crippen LogP contribution in [0.1, 0.15) is 29.2 Å². The van der Waals surface area contributed by atoms with E-state index >= 15 is 0 Å². The van der Waals surface area contributed by atoms with Crippen LogP contribution in [0.25, 0.3) is 0 Å². The maximum atomic E-state index is 12.1. The zero-order chi connectivity index (χ0) is 19.4. The lowest BCUT2D eigenvalue weighted by molar-refractivity contribution is -0.143. The van der Waals surface area contributed by atoms with Gasteiger partial charge in [-0.1, -0.05) is 12.1 Å². The number of aliphatic carboxylic acids is 1. The van der Waals surface area contributed by atoms with Crippen LogP contribution < -0.4 is 9.64 Å². The van der Waals surface area contributed by atoms with Crippen molar-refractivity contribution in [3.05, 3.63) is 47.3 Å². The maximum Gasteiger partial charge on any atom is 0.325 e. The Morgan fingerprint density at radius 3 is 2.37 bits per heavy atom. The van der Waals surface area contributed by atoms with E-state index < -0.39 is 12.0 Å². The third kappa shape index (κ3) is 4.19. The Labute approximate surface area is 159 Å². The van der Waals surface area contributed by atoms with E-state index in [4.69, 9.17) is 4.74 Å². The first-order valence-corrected chi connectivity index (χ1v) is 9.15. The number of rotatable bonds is 5. The van der Waals surface area contributed by atoms with Gasteiger partial charge in [-0.15, -0.1) is 0 Å². The Morgan fingerprint density at radius 1 is 1.11 bits per heavy atom. The van der Waals surface area contributed by atoms with Gasteiger partial charge in [0.25, 0.3) is 0 Å². The minimum absolute atomic E-state index is 0.638. The molecule has 1 aliphatic rings. The molecule has 27 heavy (non-hydrogen) atoms. The number of hydrogen-bond donors (Lipinski definition) is 1. The molecule has 1 atom stereocenters. The van der Waals surface area contributed by atoms with Crippen molar-refractivity contribution >= 4 is 11.9 Å². The van der Waals surface area contributed by atoms with Gasteiger partial charge in [-0.3, -0.25) is 9.69 Å². The SMILES string of the molecule is COc1c(C)cc([C@@H](C(=O)O)N2CCCN(c3ncccn3)CC2)cc1C. The molecule has 1 saturated heterocycles. The summed E-state index contributed by atoms with van der Waals surface area (Å²) >= 11 is 0. The van der Waals surface area contributed by atoms with E-state index in [1.807, 2.05) is 30.9 Å². The average Bonchev–Trinajstić information content (AvgIpc) is 2.88. The monoisotopic (exact) mass is 370 g/mol. The van der Waals surface area contributed by atoms with E-state index in [1.54, 1.807) is 25.6 Å². The Morgan fingerprint density at radius 2 is 1.78 bits per heavy atom. The second-order valence-electron chi connectivity index (χ2n) is 6.85. The first-order valence-electron chi connectivity index (χ1n) is 9.15. The van der Waals surface area contributed by atoms with Gasteiger partial charge in [0.15, 0.2) is 0 Å². The summed E-state index contributed by atoms with van der Waals surface area (Å²) in [6, 6.07) is 4.97. The smallest absolute Gasteiger partial charge is 0.325 e. The van der Waals surface area contributed by atoms with Crippen LogP contribution in [0.4, 0.5) is 5.95 Å². The van der Waals surface area contributed by atoms with E-state index in [1.165, 1.54) is 0 Å². The van der Waals surface area contributed by atoms with E-state index in [0.717, 1.165) is 35.4 Å². The Balaban J connectivity index is 1.83. The number of aryl methyl sites for hydroxylation is 2. The standard InChI is InChI=1S/C20H26N4O3/c1-14-12-16(13-15(2)18(14)27-3)17(19(25)26)23-8-5-9-24(11-10-23)20-21-6-4-7-22-20/h4,6-7,12-13,17H,5,8-11H2,1-3H3,(H,25,26)/t17-/m0/s1. The van der Waals surface area contributed by atoms with Crippen LogP contribution in [-0.4, -0.2) is 59.2 Å². The Bertz CT molecular complexity index is 774. The summed E-state index contributed by atoms with van der Waals surface area (Å²) in [5.41, 5.74) is 2.70. The molecule has 144 valence electrons. The number of anilines is 1. The van der Waals surface area contributed by atoms with Crippen molar-refractivity contribution in [3.63, 3.8) is 0 Å². The molecule has 1 N–H and O–H groups in total. The number of ether oxygens (including phenoxy) is 1. The number of methoxy groups -OCH3 is 1. The number of nitrogens with zero attached hydrogens (tertiary/aromatic N) is 4. The number of carbonyl (C=O) groups is 1. The van der Waals surface area contributed by atoms with Gasteiger partial charge in [0.1, 0.15) is 11.8 Å². The summed E-state index contributed by atoms with van der Waals surface area (Å²) in [6.45, 7) is 6.76. The first kappa shape index (κ1) is 19.1. The highest BCUT2D eigenvalue weighted by atomic mass is 16.5. The van der Waals surface area contributed by atoms with Gasteiger partial charge in [-0.25, -0.2) is 9.97 Å². The molecule has 7 nitrogen and oxygen atoms in total. The van der Waals surface area contributed by atoms with Crippen molar-refractivity contribution < 1.29 is 14.6 Å². The summed E-state index contributed by atoms with van der Waals surface area (Å²) in [5.74, 6) is 0.678.